The molecule has 1 atom stereocenters. The summed E-state index contributed by atoms with van der Waals surface area (Å²) in [5.41, 5.74) is 5.26. The summed E-state index contributed by atoms with van der Waals surface area (Å²) in [5.74, 6) is 1.48. The zero-order valence-electron chi connectivity index (χ0n) is 17.2. The van der Waals surface area contributed by atoms with Crippen molar-refractivity contribution in [2.24, 2.45) is 4.40 Å². The Kier molecular flexibility index (Phi) is 11.8. The number of rotatable bonds is 8. The van der Waals surface area contributed by atoms with E-state index in [1.54, 1.807) is 11.9 Å². The molecule has 0 aliphatic carbocycles. The average Bonchev–Trinajstić information content (AvgIpc) is 2.69. The molecular weight excluding hydrogens is 334 g/mol. The molecule has 0 bridgehead atoms. The van der Waals surface area contributed by atoms with Crippen LogP contribution in [0.15, 0.2) is 59.0 Å². The van der Waals surface area contributed by atoms with Crippen LogP contribution >= 0.6 is 11.9 Å². The first kappa shape index (κ1) is 22.5. The molecule has 0 N–H and O–H groups in total. The van der Waals surface area contributed by atoms with Crippen molar-refractivity contribution in [1.82, 2.24) is 0 Å². The maximum absolute atomic E-state index is 4.61. The van der Waals surface area contributed by atoms with Gasteiger partial charge in [-0.05, 0) is 48.4 Å². The van der Waals surface area contributed by atoms with Gasteiger partial charge in [-0.2, -0.15) is 0 Å². The molecule has 0 heterocycles. The molecule has 0 saturated carbocycles. The lowest BCUT2D eigenvalue weighted by atomic mass is 9.95. The Hall–Kier alpha value is -1.54. The second-order valence-corrected chi connectivity index (χ2v) is 7.54. The fraction of sp³-hybridized carbons (Fsp3) is 0.458. The molecule has 0 spiro atoms. The van der Waals surface area contributed by atoms with Crippen LogP contribution in [-0.4, -0.2) is 11.5 Å². The zero-order valence-corrected chi connectivity index (χ0v) is 18.0. The van der Waals surface area contributed by atoms with Crippen molar-refractivity contribution in [3.8, 4) is 0 Å². The lowest BCUT2D eigenvalue weighted by Crippen LogP contribution is -2.04. The van der Waals surface area contributed by atoms with Gasteiger partial charge < -0.3 is 0 Å². The molecule has 2 heteroatoms. The third-order valence-electron chi connectivity index (χ3n) is 4.36. The van der Waals surface area contributed by atoms with E-state index in [4.69, 9.17) is 0 Å². The van der Waals surface area contributed by atoms with Crippen LogP contribution in [0.5, 0.6) is 0 Å². The summed E-state index contributed by atoms with van der Waals surface area (Å²) in [6.45, 7) is 10.9. The van der Waals surface area contributed by atoms with Gasteiger partial charge in [0.1, 0.15) is 0 Å². The standard InChI is InChI=1S/C20H25NS.C4H10/c1-4-14-22-21-17(3)16(2)20-12-10-19(11-13-20)15-18-8-6-5-7-9-18;1-3-4-2/h5-13,16H,4,14-15H2,1-3H3;3-4H2,1-2H3/b21-17+;. The predicted octanol–water partition coefficient (Wildman–Crippen LogP) is 7.71. The number of hydrogen-bond donors (Lipinski definition) is 0. The van der Waals surface area contributed by atoms with E-state index in [0.29, 0.717) is 5.92 Å². The fourth-order valence-corrected chi connectivity index (χ4v) is 2.95. The Morgan fingerprint density at radius 2 is 1.42 bits per heavy atom. The van der Waals surface area contributed by atoms with E-state index in [9.17, 15) is 0 Å². The van der Waals surface area contributed by atoms with Crippen molar-refractivity contribution in [2.75, 3.05) is 5.75 Å². The predicted molar refractivity (Wildman–Crippen MR) is 121 cm³/mol. The molecule has 0 radical (unpaired) electrons. The molecule has 2 aromatic rings. The number of benzene rings is 2. The van der Waals surface area contributed by atoms with Gasteiger partial charge in [0.15, 0.2) is 0 Å². The van der Waals surface area contributed by atoms with Crippen molar-refractivity contribution in [1.29, 1.82) is 0 Å². The topological polar surface area (TPSA) is 12.4 Å². The maximum Gasteiger partial charge on any atom is 0.0303 e. The minimum atomic E-state index is 0.384. The van der Waals surface area contributed by atoms with Gasteiger partial charge in [0.2, 0.25) is 0 Å². The largest absolute Gasteiger partial charge is 0.225 e. The summed E-state index contributed by atoms with van der Waals surface area (Å²) in [6, 6.07) is 19.6. The van der Waals surface area contributed by atoms with Crippen molar-refractivity contribution in [2.45, 2.75) is 66.2 Å². The maximum atomic E-state index is 4.61. The molecule has 1 unspecified atom stereocenters. The van der Waals surface area contributed by atoms with Gasteiger partial charge in [-0.25, -0.2) is 4.40 Å². The summed E-state index contributed by atoms with van der Waals surface area (Å²) < 4.78 is 4.61. The molecule has 26 heavy (non-hydrogen) atoms. The van der Waals surface area contributed by atoms with Gasteiger partial charge in [-0.3, -0.25) is 0 Å². The van der Waals surface area contributed by atoms with E-state index in [0.717, 1.165) is 12.2 Å². The van der Waals surface area contributed by atoms with Crippen LogP contribution in [0.25, 0.3) is 0 Å². The zero-order chi connectivity index (χ0) is 19.2. The van der Waals surface area contributed by atoms with Crippen molar-refractivity contribution in [3.05, 3.63) is 71.3 Å². The molecule has 0 fully saturated rings. The molecule has 2 rings (SSSR count). The fourth-order valence-electron chi connectivity index (χ4n) is 2.31. The smallest absolute Gasteiger partial charge is 0.0303 e. The molecule has 142 valence electrons. The van der Waals surface area contributed by atoms with Crippen LogP contribution in [0.3, 0.4) is 0 Å². The summed E-state index contributed by atoms with van der Waals surface area (Å²) in [6.07, 6.45) is 4.80. The highest BCUT2D eigenvalue weighted by molar-refractivity contribution is 7.98. The van der Waals surface area contributed by atoms with Gasteiger partial charge in [-0.1, -0.05) is 95.1 Å². The van der Waals surface area contributed by atoms with E-state index in [-0.39, 0.29) is 0 Å². The Morgan fingerprint density at radius 3 is 1.96 bits per heavy atom. The van der Waals surface area contributed by atoms with E-state index in [1.165, 1.54) is 41.7 Å². The quantitative estimate of drug-likeness (QED) is 0.264. The highest BCUT2D eigenvalue weighted by Gasteiger charge is 2.09. The summed E-state index contributed by atoms with van der Waals surface area (Å²) in [4.78, 5) is 0. The van der Waals surface area contributed by atoms with Gasteiger partial charge in [0, 0.05) is 17.4 Å². The molecule has 0 aromatic heterocycles. The minimum absolute atomic E-state index is 0.384. The Labute approximate surface area is 165 Å². The van der Waals surface area contributed by atoms with Gasteiger partial charge >= 0.3 is 0 Å². The lowest BCUT2D eigenvalue weighted by molar-refractivity contribution is 0.886. The SMILES string of the molecule is CCCC.CCCS/N=C(\C)C(C)c1ccc(Cc2ccccc2)cc1. The first-order valence-corrected chi connectivity index (χ1v) is 10.9. The van der Waals surface area contributed by atoms with Crippen LogP contribution < -0.4 is 0 Å². The highest BCUT2D eigenvalue weighted by atomic mass is 32.2. The number of hydrogen-bond acceptors (Lipinski definition) is 2. The highest BCUT2D eigenvalue weighted by Crippen LogP contribution is 2.21. The van der Waals surface area contributed by atoms with Crippen LogP contribution in [0.2, 0.25) is 0 Å². The molecule has 2 aromatic carbocycles. The average molecular weight is 370 g/mol. The third kappa shape index (κ3) is 8.71. The van der Waals surface area contributed by atoms with Gasteiger partial charge in [-0.15, -0.1) is 0 Å². The Morgan fingerprint density at radius 1 is 0.846 bits per heavy atom. The van der Waals surface area contributed by atoms with Gasteiger partial charge in [0.25, 0.3) is 0 Å². The van der Waals surface area contributed by atoms with E-state index in [1.807, 2.05) is 0 Å². The molecular formula is C24H35NS. The summed E-state index contributed by atoms with van der Waals surface area (Å²) >= 11 is 1.68. The van der Waals surface area contributed by atoms with Gasteiger partial charge in [0.05, 0.1) is 0 Å². The summed E-state index contributed by atoms with van der Waals surface area (Å²) in [5, 5.41) is 0. The first-order valence-electron chi connectivity index (χ1n) is 9.91. The van der Waals surface area contributed by atoms with Crippen LogP contribution in [0.4, 0.5) is 0 Å². The minimum Gasteiger partial charge on any atom is -0.225 e. The molecule has 1 nitrogen and oxygen atoms in total. The molecule has 0 aliphatic rings. The number of nitrogens with zero attached hydrogens (tertiary/aromatic N) is 1. The lowest BCUT2D eigenvalue weighted by Gasteiger charge is -2.12. The van der Waals surface area contributed by atoms with E-state index in [2.05, 4.69) is 93.6 Å². The van der Waals surface area contributed by atoms with Crippen LogP contribution in [0, 0.1) is 0 Å². The molecule has 0 aliphatic heterocycles. The van der Waals surface area contributed by atoms with Crippen molar-refractivity contribution < 1.29 is 0 Å². The Balaban J connectivity index is 0.000000765. The van der Waals surface area contributed by atoms with Crippen molar-refractivity contribution in [3.63, 3.8) is 0 Å². The van der Waals surface area contributed by atoms with Crippen LogP contribution in [-0.2, 0) is 6.42 Å². The number of unbranched alkanes of at least 4 members (excludes halogenated alkanes) is 1. The van der Waals surface area contributed by atoms with Crippen LogP contribution in [0.1, 0.15) is 76.5 Å². The van der Waals surface area contributed by atoms with Crippen molar-refractivity contribution >= 4 is 17.7 Å². The molecule has 0 saturated heterocycles. The molecule has 0 amide bonds. The van der Waals surface area contributed by atoms with E-state index >= 15 is 0 Å². The Bertz CT molecular complexity index is 614. The second-order valence-electron chi connectivity index (χ2n) is 6.69. The summed E-state index contributed by atoms with van der Waals surface area (Å²) in [7, 11) is 0. The second kappa shape index (κ2) is 13.6. The third-order valence-corrected chi connectivity index (χ3v) is 5.37. The first-order chi connectivity index (χ1) is 12.6. The monoisotopic (exact) mass is 369 g/mol. The normalized spacial score (nSPS) is 12.3. The van der Waals surface area contributed by atoms with E-state index < -0.39 is 0 Å².